The van der Waals surface area contributed by atoms with Crippen LogP contribution in [0, 0.1) is 11.6 Å². The maximum Gasteiger partial charge on any atom is 0.206 e. The van der Waals surface area contributed by atoms with Gasteiger partial charge in [-0.05, 0) is 63.1 Å². The van der Waals surface area contributed by atoms with Gasteiger partial charge in [-0.1, -0.05) is 38.2 Å². The van der Waals surface area contributed by atoms with Crippen molar-refractivity contribution >= 4 is 17.3 Å². The molecule has 0 amide bonds. The lowest BCUT2D eigenvalue weighted by molar-refractivity contribution is 0.0712. The number of aliphatic hydroxyl groups is 1. The lowest BCUT2D eigenvalue weighted by Gasteiger charge is -2.27. The van der Waals surface area contributed by atoms with E-state index in [-0.39, 0.29) is 24.0 Å². The van der Waals surface area contributed by atoms with Crippen LogP contribution in [-0.4, -0.2) is 79.9 Å². The highest BCUT2D eigenvalue weighted by molar-refractivity contribution is 5.96. The van der Waals surface area contributed by atoms with Gasteiger partial charge in [0.15, 0.2) is 11.7 Å². The van der Waals surface area contributed by atoms with E-state index < -0.39 is 24.0 Å². The Morgan fingerprint density at radius 3 is 2.60 bits per heavy atom. The van der Waals surface area contributed by atoms with Crippen LogP contribution in [0.15, 0.2) is 66.6 Å². The zero-order chi connectivity index (χ0) is 33.0. The maximum atomic E-state index is 13.9. The summed E-state index contributed by atoms with van der Waals surface area (Å²) in [6, 6.07) is 6.58. The molecule has 0 saturated carbocycles. The number of aromatic nitrogens is 1. The molecule has 248 valence electrons. The van der Waals surface area contributed by atoms with Crippen molar-refractivity contribution in [1.82, 2.24) is 15.2 Å². The summed E-state index contributed by atoms with van der Waals surface area (Å²) in [5, 5.41) is 12.2. The normalized spacial score (nSPS) is 12.8. The van der Waals surface area contributed by atoms with Crippen molar-refractivity contribution in [3.63, 3.8) is 0 Å². The van der Waals surface area contributed by atoms with Gasteiger partial charge < -0.3 is 30.5 Å². The second kappa shape index (κ2) is 21.0. The molecule has 2 rings (SSSR count). The van der Waals surface area contributed by atoms with E-state index in [1.54, 1.807) is 19.2 Å². The highest BCUT2D eigenvalue weighted by atomic mass is 19.1. The van der Waals surface area contributed by atoms with Gasteiger partial charge in [-0.2, -0.15) is 0 Å². The summed E-state index contributed by atoms with van der Waals surface area (Å²) in [6.07, 6.45) is 12.6. The lowest BCUT2D eigenvalue weighted by atomic mass is 10.2. The number of rotatable bonds is 22. The first kappa shape index (κ1) is 37.4. The fourth-order valence-electron chi connectivity index (χ4n) is 4.43. The second-order valence-corrected chi connectivity index (χ2v) is 10.6. The van der Waals surface area contributed by atoms with E-state index in [2.05, 4.69) is 41.2 Å². The van der Waals surface area contributed by atoms with E-state index in [1.807, 2.05) is 24.0 Å². The first-order chi connectivity index (χ1) is 21.7. The average Bonchev–Trinajstić information content (AvgIpc) is 3.03. The van der Waals surface area contributed by atoms with E-state index in [9.17, 15) is 18.7 Å². The fourth-order valence-corrected chi connectivity index (χ4v) is 4.43. The lowest BCUT2D eigenvalue weighted by Crippen LogP contribution is -2.34. The Labute approximate surface area is 266 Å². The molecule has 1 aromatic heterocycles. The Bertz CT molecular complexity index is 1270. The van der Waals surface area contributed by atoms with Crippen LogP contribution in [0.25, 0.3) is 0 Å². The van der Waals surface area contributed by atoms with E-state index in [0.29, 0.717) is 37.1 Å². The summed E-state index contributed by atoms with van der Waals surface area (Å²) < 4.78 is 38.5. The number of nitrogens with zero attached hydrogens (tertiary/aromatic N) is 3. The first-order valence-corrected chi connectivity index (χ1v) is 15.5. The number of ketones is 1. The highest BCUT2D eigenvalue weighted by Gasteiger charge is 2.17. The van der Waals surface area contributed by atoms with Crippen molar-refractivity contribution in [1.29, 1.82) is 0 Å². The van der Waals surface area contributed by atoms with Crippen LogP contribution < -0.4 is 16.0 Å². The van der Waals surface area contributed by atoms with E-state index in [1.165, 1.54) is 18.2 Å². The van der Waals surface area contributed by atoms with Gasteiger partial charge in [-0.25, -0.2) is 13.8 Å². The molecule has 4 N–H and O–H groups in total. The van der Waals surface area contributed by atoms with E-state index in [0.717, 1.165) is 45.0 Å². The number of allylic oxidation sites excluding steroid dienone is 2. The number of hydrogen-bond acceptors (Lipinski definition) is 9. The molecular weight excluding hydrogens is 580 g/mol. The quantitative estimate of drug-likeness (QED) is 0.0698. The Morgan fingerprint density at radius 1 is 1.11 bits per heavy atom. The third kappa shape index (κ3) is 13.8. The molecule has 1 aromatic carbocycles. The standard InChI is InChI=1S/C34H49F2N5O4/c1-5-17-40(19-11-8-12-33(38-4)45-25-27-13-14-28(35)22-29(27)36)18-9-7-10-20-41(23-26(3)44-21-6-2)34-30(37)15-16-31(39-34)32(43)24-42/h7-8,10-16,22,26,38,42H,5-6,9,17-21,23-25,37H2,1-4H3/b10-7-,11-8-,33-12+. The number of hydrogen-bond donors (Lipinski definition) is 3. The Kier molecular flexibility index (Phi) is 17.5. The van der Waals surface area contributed by atoms with Crippen molar-refractivity contribution in [3.8, 4) is 0 Å². The molecule has 0 spiro atoms. The van der Waals surface area contributed by atoms with E-state index in [4.69, 9.17) is 15.2 Å². The van der Waals surface area contributed by atoms with Crippen molar-refractivity contribution in [2.75, 3.05) is 63.6 Å². The number of ether oxygens (including phenoxy) is 2. The van der Waals surface area contributed by atoms with Crippen molar-refractivity contribution < 1.29 is 28.2 Å². The molecule has 9 nitrogen and oxygen atoms in total. The third-order valence-corrected chi connectivity index (χ3v) is 6.75. The number of anilines is 2. The van der Waals surface area contributed by atoms with Gasteiger partial charge in [0, 0.05) is 51.5 Å². The summed E-state index contributed by atoms with van der Waals surface area (Å²) in [7, 11) is 1.71. The van der Waals surface area contributed by atoms with Gasteiger partial charge in [0.25, 0.3) is 0 Å². The van der Waals surface area contributed by atoms with Crippen LogP contribution in [0.4, 0.5) is 20.3 Å². The van der Waals surface area contributed by atoms with Crippen LogP contribution >= 0.6 is 0 Å². The van der Waals surface area contributed by atoms with Gasteiger partial charge in [0.2, 0.25) is 5.78 Å². The monoisotopic (exact) mass is 629 g/mol. The predicted molar refractivity (Wildman–Crippen MR) is 176 cm³/mol. The zero-order valence-corrected chi connectivity index (χ0v) is 27.0. The number of Topliss-reactive ketones (excluding diaryl/α,β-unsaturated/α-hetero) is 1. The van der Waals surface area contributed by atoms with Crippen LogP contribution in [-0.2, 0) is 16.1 Å². The largest absolute Gasteiger partial charge is 0.474 e. The molecule has 0 aliphatic carbocycles. The van der Waals surface area contributed by atoms with Crippen molar-refractivity contribution in [2.45, 2.75) is 52.7 Å². The molecule has 1 heterocycles. The SMILES string of the molecule is CCCOC(C)CN(C/C=C\CCN(C/C=C\C=C(/NC)OCc1ccc(F)cc1F)CCC)c1nc(C(=O)CO)ccc1N. The van der Waals surface area contributed by atoms with Gasteiger partial charge in [-0.15, -0.1) is 0 Å². The molecule has 0 bridgehead atoms. The molecule has 1 unspecified atom stereocenters. The second-order valence-electron chi connectivity index (χ2n) is 10.6. The number of nitrogen functional groups attached to an aromatic ring is 1. The van der Waals surface area contributed by atoms with Crippen LogP contribution in [0.3, 0.4) is 0 Å². The smallest absolute Gasteiger partial charge is 0.206 e. The first-order valence-electron chi connectivity index (χ1n) is 15.5. The van der Waals surface area contributed by atoms with Gasteiger partial charge in [0.05, 0.1) is 11.8 Å². The molecule has 1 atom stereocenters. The highest BCUT2D eigenvalue weighted by Crippen LogP contribution is 2.22. The molecule has 2 aromatic rings. The number of nitrogens with two attached hydrogens (primary N) is 1. The molecule has 0 fully saturated rings. The summed E-state index contributed by atoms with van der Waals surface area (Å²) >= 11 is 0. The number of benzene rings is 1. The molecule has 11 heteroatoms. The third-order valence-electron chi connectivity index (χ3n) is 6.75. The molecule has 0 aliphatic heterocycles. The van der Waals surface area contributed by atoms with Gasteiger partial charge >= 0.3 is 0 Å². The predicted octanol–water partition coefficient (Wildman–Crippen LogP) is 5.23. The van der Waals surface area contributed by atoms with Crippen molar-refractivity contribution in [2.24, 2.45) is 0 Å². The van der Waals surface area contributed by atoms with Crippen LogP contribution in [0.5, 0.6) is 0 Å². The molecule has 0 radical (unpaired) electrons. The van der Waals surface area contributed by atoms with Gasteiger partial charge in [0.1, 0.15) is 30.5 Å². The fraction of sp³-hybridized carbons (Fsp3) is 0.471. The summed E-state index contributed by atoms with van der Waals surface area (Å²) in [5.41, 5.74) is 7.15. The summed E-state index contributed by atoms with van der Waals surface area (Å²) in [6.45, 7) is 9.80. The zero-order valence-electron chi connectivity index (χ0n) is 27.0. The Balaban J connectivity index is 1.96. The number of carbonyl (C=O) groups is 1. The minimum atomic E-state index is -0.641. The molecule has 0 saturated heterocycles. The number of pyridine rings is 1. The van der Waals surface area contributed by atoms with Crippen LogP contribution in [0.1, 0.15) is 56.1 Å². The molecular formula is C34H49F2N5O4. The number of nitrogens with one attached hydrogen (secondary N) is 1. The molecule has 0 aliphatic rings. The topological polar surface area (TPSA) is 113 Å². The number of halogens is 2. The Hall–Kier alpha value is -3.80. The average molecular weight is 630 g/mol. The molecule has 45 heavy (non-hydrogen) atoms. The van der Waals surface area contributed by atoms with Crippen LogP contribution in [0.2, 0.25) is 0 Å². The summed E-state index contributed by atoms with van der Waals surface area (Å²) in [5.74, 6) is -0.762. The maximum absolute atomic E-state index is 13.9. The summed E-state index contributed by atoms with van der Waals surface area (Å²) in [4.78, 5) is 20.9. The Morgan fingerprint density at radius 2 is 1.91 bits per heavy atom. The minimum Gasteiger partial charge on any atom is -0.474 e. The van der Waals surface area contributed by atoms with Crippen molar-refractivity contribution in [3.05, 3.63) is 89.5 Å². The number of aliphatic hydroxyl groups excluding tert-OH is 1. The number of carbonyl (C=O) groups excluding carboxylic acids is 1. The minimum absolute atomic E-state index is 0.0160. The van der Waals surface area contributed by atoms with E-state index >= 15 is 0 Å². The van der Waals surface area contributed by atoms with Gasteiger partial charge in [-0.3, -0.25) is 9.69 Å².